The minimum absolute atomic E-state index is 0.149. The van der Waals surface area contributed by atoms with Gasteiger partial charge in [-0.05, 0) is 30.5 Å². The maximum atomic E-state index is 12.7. The standard InChI is InChI=1S/C23H26O6/c1-16-11-19(28-15-26-2)10-6-9-18-12-20(13-21(24)22(18)23(25)29-16)27-14-17-7-4-3-5-8-17/h3-8,10,12-13,16,19,24H,9,11,14-15H2,1-2H3/b10-6+/t16-,19-/m1/s1. The average Bonchev–Trinajstić information content (AvgIpc) is 2.70. The largest absolute Gasteiger partial charge is 0.507 e. The van der Waals surface area contributed by atoms with Crippen molar-refractivity contribution in [3.05, 3.63) is 71.3 Å². The highest BCUT2D eigenvalue weighted by molar-refractivity contribution is 5.94. The minimum Gasteiger partial charge on any atom is -0.507 e. The van der Waals surface area contributed by atoms with Crippen LogP contribution >= 0.6 is 0 Å². The lowest BCUT2D eigenvalue weighted by Crippen LogP contribution is -2.24. The fraction of sp³-hybridized carbons (Fsp3) is 0.348. The molecular weight excluding hydrogens is 372 g/mol. The molecule has 29 heavy (non-hydrogen) atoms. The van der Waals surface area contributed by atoms with Gasteiger partial charge in [0.25, 0.3) is 0 Å². The predicted octanol–water partition coefficient (Wildman–Crippen LogP) is 4.01. The number of carbonyl (C=O) groups is 1. The average molecular weight is 398 g/mol. The van der Waals surface area contributed by atoms with Crippen molar-refractivity contribution in [3.8, 4) is 11.5 Å². The van der Waals surface area contributed by atoms with Gasteiger partial charge in [0, 0.05) is 19.6 Å². The molecule has 0 aromatic heterocycles. The summed E-state index contributed by atoms with van der Waals surface area (Å²) in [4.78, 5) is 12.7. The Morgan fingerprint density at radius 1 is 1.21 bits per heavy atom. The summed E-state index contributed by atoms with van der Waals surface area (Å²) in [5.41, 5.74) is 1.82. The second kappa shape index (κ2) is 10.1. The van der Waals surface area contributed by atoms with Gasteiger partial charge in [0.1, 0.15) is 36.6 Å². The molecule has 6 nitrogen and oxygen atoms in total. The van der Waals surface area contributed by atoms with Crippen LogP contribution < -0.4 is 4.74 Å². The Kier molecular flexibility index (Phi) is 7.27. The highest BCUT2D eigenvalue weighted by atomic mass is 16.7. The first kappa shape index (κ1) is 20.9. The fourth-order valence-corrected chi connectivity index (χ4v) is 3.20. The fourth-order valence-electron chi connectivity index (χ4n) is 3.20. The van der Waals surface area contributed by atoms with Gasteiger partial charge >= 0.3 is 5.97 Å². The Balaban J connectivity index is 1.83. The molecule has 1 aliphatic heterocycles. The predicted molar refractivity (Wildman–Crippen MR) is 108 cm³/mol. The monoisotopic (exact) mass is 398 g/mol. The van der Waals surface area contributed by atoms with Gasteiger partial charge in [0.2, 0.25) is 0 Å². The zero-order chi connectivity index (χ0) is 20.6. The molecule has 0 fully saturated rings. The number of cyclic esters (lactones) is 1. The number of fused-ring (bicyclic) bond motifs is 1. The van der Waals surface area contributed by atoms with Crippen LogP contribution in [0.2, 0.25) is 0 Å². The van der Waals surface area contributed by atoms with Crippen molar-refractivity contribution < 1.29 is 28.8 Å². The molecule has 0 saturated heterocycles. The lowest BCUT2D eigenvalue weighted by molar-refractivity contribution is -0.0679. The number of rotatable bonds is 6. The first-order chi connectivity index (χ1) is 14.1. The summed E-state index contributed by atoms with van der Waals surface area (Å²) in [5.74, 6) is -0.215. The lowest BCUT2D eigenvalue weighted by atomic mass is 10.0. The normalized spacial score (nSPS) is 20.4. The van der Waals surface area contributed by atoms with Crippen molar-refractivity contribution in [1.82, 2.24) is 0 Å². The summed E-state index contributed by atoms with van der Waals surface area (Å²) < 4.78 is 21.9. The van der Waals surface area contributed by atoms with Crippen LogP contribution in [0.25, 0.3) is 0 Å². The SMILES string of the molecule is COCO[C@@H]1/C=C/Cc2cc(OCc3ccccc3)cc(O)c2C(=O)O[C@H](C)C1. The first-order valence-corrected chi connectivity index (χ1v) is 9.57. The van der Waals surface area contributed by atoms with Gasteiger partial charge in [0.15, 0.2) is 0 Å². The van der Waals surface area contributed by atoms with Crippen molar-refractivity contribution in [1.29, 1.82) is 0 Å². The van der Waals surface area contributed by atoms with Crippen molar-refractivity contribution in [3.63, 3.8) is 0 Å². The Morgan fingerprint density at radius 3 is 2.76 bits per heavy atom. The van der Waals surface area contributed by atoms with Crippen LogP contribution in [0.5, 0.6) is 11.5 Å². The molecule has 0 unspecified atom stereocenters. The van der Waals surface area contributed by atoms with Gasteiger partial charge in [0.05, 0.1) is 6.10 Å². The van der Waals surface area contributed by atoms with E-state index < -0.39 is 5.97 Å². The van der Waals surface area contributed by atoms with Gasteiger partial charge in [-0.1, -0.05) is 42.5 Å². The molecule has 1 heterocycles. The van der Waals surface area contributed by atoms with E-state index in [2.05, 4.69) is 0 Å². The Hall–Kier alpha value is -2.83. The minimum atomic E-state index is -0.555. The van der Waals surface area contributed by atoms with Crippen molar-refractivity contribution in [2.75, 3.05) is 13.9 Å². The van der Waals surface area contributed by atoms with E-state index in [-0.39, 0.29) is 30.3 Å². The smallest absolute Gasteiger partial charge is 0.342 e. The maximum Gasteiger partial charge on any atom is 0.342 e. The van der Waals surface area contributed by atoms with Crippen LogP contribution in [0.4, 0.5) is 0 Å². The molecule has 1 aliphatic rings. The molecule has 0 aliphatic carbocycles. The highest BCUT2D eigenvalue weighted by Gasteiger charge is 2.24. The number of aromatic hydroxyl groups is 1. The van der Waals surface area contributed by atoms with E-state index >= 15 is 0 Å². The zero-order valence-corrected chi connectivity index (χ0v) is 16.7. The van der Waals surface area contributed by atoms with Crippen molar-refractivity contribution in [2.24, 2.45) is 0 Å². The third-order valence-corrected chi connectivity index (χ3v) is 4.59. The van der Waals surface area contributed by atoms with Crippen LogP contribution in [0.1, 0.15) is 34.8 Å². The Labute approximate surface area is 170 Å². The molecule has 1 N–H and O–H groups in total. The van der Waals surface area contributed by atoms with E-state index in [4.69, 9.17) is 18.9 Å². The van der Waals surface area contributed by atoms with Gasteiger partial charge < -0.3 is 24.1 Å². The number of benzene rings is 2. The number of phenols is 1. The summed E-state index contributed by atoms with van der Waals surface area (Å²) in [6.07, 6.45) is 4.17. The van der Waals surface area contributed by atoms with Gasteiger partial charge in [-0.3, -0.25) is 0 Å². The molecule has 0 radical (unpaired) electrons. The second-order valence-corrected chi connectivity index (χ2v) is 6.95. The van der Waals surface area contributed by atoms with Crippen LogP contribution in [0, 0.1) is 0 Å². The number of esters is 1. The summed E-state index contributed by atoms with van der Waals surface area (Å²) in [6.45, 7) is 2.32. The molecule has 2 aromatic carbocycles. The van der Waals surface area contributed by atoms with Gasteiger partial charge in [-0.2, -0.15) is 0 Å². The number of ether oxygens (including phenoxy) is 4. The molecular formula is C23H26O6. The van der Waals surface area contributed by atoms with E-state index in [1.165, 1.54) is 6.07 Å². The molecule has 0 saturated carbocycles. The number of hydrogen-bond acceptors (Lipinski definition) is 6. The van der Waals surface area contributed by atoms with E-state index in [0.717, 1.165) is 5.56 Å². The van der Waals surface area contributed by atoms with Crippen LogP contribution in [-0.2, 0) is 27.2 Å². The van der Waals surface area contributed by atoms with E-state index in [0.29, 0.717) is 30.8 Å². The zero-order valence-electron chi connectivity index (χ0n) is 16.7. The quantitative estimate of drug-likeness (QED) is 0.450. The molecule has 0 spiro atoms. The van der Waals surface area contributed by atoms with Gasteiger partial charge in [-0.15, -0.1) is 0 Å². The Morgan fingerprint density at radius 2 is 2.00 bits per heavy atom. The van der Waals surface area contributed by atoms with Crippen LogP contribution in [0.15, 0.2) is 54.6 Å². The topological polar surface area (TPSA) is 74.2 Å². The second-order valence-electron chi connectivity index (χ2n) is 6.95. The molecule has 2 aromatic rings. The highest BCUT2D eigenvalue weighted by Crippen LogP contribution is 2.31. The van der Waals surface area contributed by atoms with E-state index in [1.807, 2.05) is 42.5 Å². The van der Waals surface area contributed by atoms with Crippen LogP contribution in [-0.4, -0.2) is 37.2 Å². The van der Waals surface area contributed by atoms with E-state index in [1.54, 1.807) is 20.1 Å². The number of methoxy groups -OCH3 is 1. The first-order valence-electron chi connectivity index (χ1n) is 9.57. The van der Waals surface area contributed by atoms with Crippen molar-refractivity contribution >= 4 is 5.97 Å². The Bertz CT molecular complexity index is 846. The third-order valence-electron chi connectivity index (χ3n) is 4.59. The third kappa shape index (κ3) is 5.82. The van der Waals surface area contributed by atoms with Crippen LogP contribution in [0.3, 0.4) is 0 Å². The summed E-state index contributed by atoms with van der Waals surface area (Å²) >= 11 is 0. The number of phenolic OH excluding ortho intramolecular Hbond substituents is 1. The number of carbonyl (C=O) groups excluding carboxylic acids is 1. The van der Waals surface area contributed by atoms with Crippen molar-refractivity contribution in [2.45, 2.75) is 38.6 Å². The summed E-state index contributed by atoms with van der Waals surface area (Å²) in [7, 11) is 1.56. The molecule has 0 amide bonds. The summed E-state index contributed by atoms with van der Waals surface area (Å²) in [6, 6.07) is 13.0. The molecule has 154 valence electrons. The van der Waals surface area contributed by atoms with Gasteiger partial charge in [-0.25, -0.2) is 4.79 Å². The maximum absolute atomic E-state index is 12.7. The molecule has 6 heteroatoms. The molecule has 2 atom stereocenters. The number of hydrogen-bond donors (Lipinski definition) is 1. The molecule has 0 bridgehead atoms. The van der Waals surface area contributed by atoms with E-state index in [9.17, 15) is 9.90 Å². The summed E-state index contributed by atoms with van der Waals surface area (Å²) in [5, 5.41) is 10.5. The molecule has 3 rings (SSSR count). The number of allylic oxidation sites excluding steroid dienone is 1. The lowest BCUT2D eigenvalue weighted by Gasteiger charge is -2.21.